The third-order valence-corrected chi connectivity index (χ3v) is 8.19. The zero-order chi connectivity index (χ0) is 23.5. The molecule has 8 heteroatoms. The van der Waals surface area contributed by atoms with Crippen LogP contribution in [0.1, 0.15) is 25.0 Å². The highest BCUT2D eigenvalue weighted by molar-refractivity contribution is 7.89. The lowest BCUT2D eigenvalue weighted by atomic mass is 9.97. The van der Waals surface area contributed by atoms with E-state index < -0.39 is 10.0 Å². The number of fused-ring (bicyclic) bond motifs is 2. The fraction of sp³-hybridized carbons (Fsp3) is 0.346. The van der Waals surface area contributed by atoms with Gasteiger partial charge in [-0.3, -0.25) is 0 Å². The summed E-state index contributed by atoms with van der Waals surface area (Å²) in [7, 11) is -3.56. The molecule has 4 aromatic rings. The average molecular weight is 482 g/mol. The molecule has 3 aromatic carbocycles. The van der Waals surface area contributed by atoms with Gasteiger partial charge >= 0.3 is 0 Å². The van der Waals surface area contributed by atoms with Gasteiger partial charge in [0.15, 0.2) is 5.58 Å². The third-order valence-electron chi connectivity index (χ3n) is 6.70. The number of nitrogens with zero attached hydrogens (tertiary/aromatic N) is 2. The predicted molar refractivity (Wildman–Crippen MR) is 131 cm³/mol. The molecule has 0 atom stereocenters. The smallest absolute Gasteiger partial charge is 0.241 e. The normalized spacial score (nSPS) is 15.9. The largest absolute Gasteiger partial charge is 0.356 e. The van der Waals surface area contributed by atoms with Crippen LogP contribution >= 0.6 is 0 Å². The van der Waals surface area contributed by atoms with E-state index in [4.69, 9.17) is 4.52 Å². The Balaban J connectivity index is 1.09. The van der Waals surface area contributed by atoms with E-state index >= 15 is 0 Å². The number of piperidine rings is 1. The molecule has 178 valence electrons. The molecule has 1 saturated heterocycles. The maximum absolute atomic E-state index is 13.3. The lowest BCUT2D eigenvalue weighted by Crippen LogP contribution is -2.39. The second-order valence-electron chi connectivity index (χ2n) is 8.99. The monoisotopic (exact) mass is 481 g/mol. The molecule has 1 aromatic heterocycles. The van der Waals surface area contributed by atoms with Crippen molar-refractivity contribution in [2.75, 3.05) is 26.2 Å². The van der Waals surface area contributed by atoms with E-state index in [1.165, 1.54) is 12.1 Å². The highest BCUT2D eigenvalue weighted by Gasteiger charge is 2.23. The van der Waals surface area contributed by atoms with Crippen LogP contribution in [0.5, 0.6) is 0 Å². The van der Waals surface area contributed by atoms with Crippen molar-refractivity contribution in [3.8, 4) is 0 Å². The van der Waals surface area contributed by atoms with Gasteiger partial charge in [-0.15, -0.1) is 0 Å². The Hall–Kier alpha value is -2.81. The summed E-state index contributed by atoms with van der Waals surface area (Å²) < 4.78 is 47.3. The van der Waals surface area contributed by atoms with Gasteiger partial charge < -0.3 is 9.42 Å². The minimum atomic E-state index is -3.56. The van der Waals surface area contributed by atoms with Gasteiger partial charge in [0.2, 0.25) is 10.0 Å². The molecule has 34 heavy (non-hydrogen) atoms. The molecule has 0 amide bonds. The van der Waals surface area contributed by atoms with Crippen LogP contribution in [-0.2, 0) is 16.4 Å². The summed E-state index contributed by atoms with van der Waals surface area (Å²) in [6, 6.07) is 17.5. The fourth-order valence-electron chi connectivity index (χ4n) is 4.76. The standard InChI is InChI=1S/C26H28FN3O3S/c27-21-10-11-23-24(29-33-25(23)17-21)8-4-14-30-15-12-19(13-16-30)18-28-34(31,32)26-9-3-6-20-5-1-2-7-22(20)26/h1-3,5-7,9-11,17,19,28H,4,8,12-16,18H2. The van der Waals surface area contributed by atoms with E-state index in [9.17, 15) is 12.8 Å². The summed E-state index contributed by atoms with van der Waals surface area (Å²) in [6.45, 7) is 3.31. The van der Waals surface area contributed by atoms with E-state index in [0.717, 1.165) is 67.2 Å². The molecule has 0 radical (unpaired) electrons. The minimum Gasteiger partial charge on any atom is -0.356 e. The Bertz CT molecular complexity index is 1390. The van der Waals surface area contributed by atoms with Gasteiger partial charge in [-0.05, 0) is 74.8 Å². The number of sulfonamides is 1. The second kappa shape index (κ2) is 9.82. The Kier molecular flexibility index (Phi) is 6.63. The maximum Gasteiger partial charge on any atom is 0.241 e. The Morgan fingerprint density at radius 2 is 1.82 bits per heavy atom. The Morgan fingerprint density at radius 3 is 2.68 bits per heavy atom. The van der Waals surface area contributed by atoms with Crippen molar-refractivity contribution in [1.82, 2.24) is 14.8 Å². The van der Waals surface area contributed by atoms with Crippen molar-refractivity contribution in [1.29, 1.82) is 0 Å². The van der Waals surface area contributed by atoms with E-state index in [2.05, 4.69) is 14.8 Å². The first-order valence-corrected chi connectivity index (χ1v) is 13.2. The van der Waals surface area contributed by atoms with E-state index in [-0.39, 0.29) is 5.82 Å². The minimum absolute atomic E-state index is 0.322. The van der Waals surface area contributed by atoms with Gasteiger partial charge in [0.25, 0.3) is 0 Å². The van der Waals surface area contributed by atoms with Crippen LogP contribution in [0.3, 0.4) is 0 Å². The van der Waals surface area contributed by atoms with Gasteiger partial charge in [0.05, 0.1) is 10.6 Å². The number of likely N-dealkylation sites (tertiary alicyclic amines) is 1. The Labute approximate surface area is 198 Å². The first-order valence-electron chi connectivity index (χ1n) is 11.7. The number of nitrogens with one attached hydrogen (secondary N) is 1. The summed E-state index contributed by atoms with van der Waals surface area (Å²) >= 11 is 0. The highest BCUT2D eigenvalue weighted by atomic mass is 32.2. The highest BCUT2D eigenvalue weighted by Crippen LogP contribution is 2.24. The van der Waals surface area contributed by atoms with Crippen LogP contribution in [0.2, 0.25) is 0 Å². The van der Waals surface area contributed by atoms with Crippen LogP contribution in [0.15, 0.2) is 70.1 Å². The second-order valence-corrected chi connectivity index (χ2v) is 10.7. The van der Waals surface area contributed by atoms with Crippen LogP contribution < -0.4 is 4.72 Å². The summed E-state index contributed by atoms with van der Waals surface area (Å²) in [5.74, 6) is 0.00728. The molecule has 6 nitrogen and oxygen atoms in total. The molecule has 0 spiro atoms. The molecule has 5 rings (SSSR count). The molecule has 0 aliphatic carbocycles. The van der Waals surface area contributed by atoms with Crippen molar-refractivity contribution >= 4 is 31.8 Å². The number of aromatic nitrogens is 1. The summed E-state index contributed by atoms with van der Waals surface area (Å²) in [4.78, 5) is 2.75. The van der Waals surface area contributed by atoms with E-state index in [0.29, 0.717) is 22.9 Å². The fourth-order valence-corrected chi connectivity index (χ4v) is 6.11. The number of halogens is 1. The number of hydrogen-bond acceptors (Lipinski definition) is 5. The SMILES string of the molecule is O=S(=O)(NCC1CCN(CCCc2noc3cc(F)ccc23)CC1)c1cccc2ccccc12. The van der Waals surface area contributed by atoms with Crippen molar-refractivity contribution in [3.63, 3.8) is 0 Å². The van der Waals surface area contributed by atoms with Crippen LogP contribution in [-0.4, -0.2) is 44.7 Å². The van der Waals surface area contributed by atoms with Crippen LogP contribution in [0, 0.1) is 11.7 Å². The summed E-state index contributed by atoms with van der Waals surface area (Å²) in [5, 5.41) is 6.64. The van der Waals surface area contributed by atoms with Gasteiger partial charge in [0.1, 0.15) is 5.82 Å². The molecule has 0 unspecified atom stereocenters. The van der Waals surface area contributed by atoms with Gasteiger partial charge in [0, 0.05) is 23.4 Å². The number of benzene rings is 3. The summed E-state index contributed by atoms with van der Waals surface area (Å²) in [5.41, 5.74) is 1.36. The first-order chi connectivity index (χ1) is 16.5. The number of hydrogen-bond donors (Lipinski definition) is 1. The quantitative estimate of drug-likeness (QED) is 0.393. The van der Waals surface area contributed by atoms with Crippen molar-refractivity contribution in [2.45, 2.75) is 30.6 Å². The van der Waals surface area contributed by atoms with Gasteiger partial charge in [-0.25, -0.2) is 17.5 Å². The zero-order valence-corrected chi connectivity index (χ0v) is 19.7. The molecule has 1 N–H and O–H groups in total. The molecular weight excluding hydrogens is 453 g/mol. The first kappa shape index (κ1) is 23.0. The third kappa shape index (κ3) is 4.99. The van der Waals surface area contributed by atoms with Crippen molar-refractivity contribution in [2.24, 2.45) is 5.92 Å². The van der Waals surface area contributed by atoms with E-state index in [1.54, 1.807) is 18.2 Å². The molecule has 1 fully saturated rings. The lowest BCUT2D eigenvalue weighted by molar-refractivity contribution is 0.183. The molecule has 1 aliphatic rings. The van der Waals surface area contributed by atoms with Crippen molar-refractivity contribution < 1.29 is 17.3 Å². The predicted octanol–water partition coefficient (Wildman–Crippen LogP) is 4.74. The maximum atomic E-state index is 13.3. The molecule has 1 aliphatic heterocycles. The molecule has 2 heterocycles. The van der Waals surface area contributed by atoms with Gasteiger partial charge in [-0.2, -0.15) is 0 Å². The van der Waals surface area contributed by atoms with Gasteiger partial charge in [-0.1, -0.05) is 41.6 Å². The van der Waals surface area contributed by atoms with Crippen LogP contribution in [0.25, 0.3) is 21.7 Å². The zero-order valence-electron chi connectivity index (χ0n) is 18.9. The van der Waals surface area contributed by atoms with Crippen LogP contribution in [0.4, 0.5) is 4.39 Å². The molecular formula is C26H28FN3O3S. The number of rotatable bonds is 8. The average Bonchev–Trinajstić information content (AvgIpc) is 3.25. The molecule has 0 bridgehead atoms. The summed E-state index contributed by atoms with van der Waals surface area (Å²) in [6.07, 6.45) is 3.65. The topological polar surface area (TPSA) is 75.4 Å². The number of aryl methyl sites for hydroxylation is 1. The molecule has 0 saturated carbocycles. The van der Waals surface area contributed by atoms with Crippen molar-refractivity contribution in [3.05, 3.63) is 72.2 Å². The Morgan fingerprint density at radius 1 is 1.03 bits per heavy atom. The van der Waals surface area contributed by atoms with E-state index in [1.807, 2.05) is 30.3 Å². The lowest BCUT2D eigenvalue weighted by Gasteiger charge is -2.32.